The molecular formula is C62H37NO2S. The van der Waals surface area contributed by atoms with E-state index >= 15 is 0 Å². The molecule has 0 saturated heterocycles. The summed E-state index contributed by atoms with van der Waals surface area (Å²) in [6, 6.07) is 82.6. The Kier molecular flexibility index (Phi) is 7.29. The Labute approximate surface area is 386 Å². The van der Waals surface area contributed by atoms with Crippen molar-refractivity contribution in [2.45, 2.75) is 20.6 Å². The molecule has 2 spiro atoms. The van der Waals surface area contributed by atoms with Gasteiger partial charge in [-0.3, -0.25) is 0 Å². The summed E-state index contributed by atoms with van der Waals surface area (Å²) in [6.45, 7) is 0. The summed E-state index contributed by atoms with van der Waals surface area (Å²) in [4.78, 5) is 5.07. The SMILES string of the molecule is c1ccc2c(c1)Oc1ccccc1C21c2ccccc2-c2ccc(N(c3ccc4c(c3)oc3ccccc34)c3cccc4c3-c3ccccc3C43c4ccccc4Sc4ccccc43)cc21. The Morgan fingerprint density at radius 1 is 0.348 bits per heavy atom. The molecule has 4 aliphatic rings. The number of ether oxygens (including phenoxy) is 1. The lowest BCUT2D eigenvalue weighted by atomic mass is 9.66. The summed E-state index contributed by atoms with van der Waals surface area (Å²) in [5, 5.41) is 2.22. The van der Waals surface area contributed by atoms with Gasteiger partial charge in [0.1, 0.15) is 22.7 Å². The van der Waals surface area contributed by atoms with Gasteiger partial charge in [0.2, 0.25) is 0 Å². The second kappa shape index (κ2) is 13.3. The lowest BCUT2D eigenvalue weighted by molar-refractivity contribution is 0.436. The largest absolute Gasteiger partial charge is 0.457 e. The Morgan fingerprint density at radius 2 is 0.864 bits per heavy atom. The molecule has 0 atom stereocenters. The highest BCUT2D eigenvalue weighted by Gasteiger charge is 2.53. The van der Waals surface area contributed by atoms with Crippen molar-refractivity contribution in [2.24, 2.45) is 0 Å². The second-order valence-corrected chi connectivity index (χ2v) is 18.9. The van der Waals surface area contributed by atoms with Gasteiger partial charge in [0.25, 0.3) is 0 Å². The van der Waals surface area contributed by atoms with E-state index in [0.717, 1.165) is 61.6 Å². The maximum Gasteiger partial charge on any atom is 0.137 e. The molecule has 15 rings (SSSR count). The minimum atomic E-state index is -0.621. The van der Waals surface area contributed by atoms with Gasteiger partial charge in [0, 0.05) is 54.7 Å². The Balaban J connectivity index is 1.05. The minimum Gasteiger partial charge on any atom is -0.457 e. The van der Waals surface area contributed by atoms with Gasteiger partial charge in [-0.05, 0) is 111 Å². The molecular weight excluding hydrogens is 823 g/mol. The molecule has 2 aliphatic carbocycles. The molecule has 2 aliphatic heterocycles. The maximum absolute atomic E-state index is 6.74. The van der Waals surface area contributed by atoms with E-state index in [2.05, 4.69) is 223 Å². The number of hydrogen-bond acceptors (Lipinski definition) is 4. The molecule has 0 amide bonds. The van der Waals surface area contributed by atoms with Gasteiger partial charge in [0.05, 0.1) is 16.5 Å². The van der Waals surface area contributed by atoms with Crippen LogP contribution in [-0.2, 0) is 10.8 Å². The maximum atomic E-state index is 6.74. The third-order valence-electron chi connectivity index (χ3n) is 14.8. The van der Waals surface area contributed by atoms with Gasteiger partial charge < -0.3 is 14.1 Å². The molecule has 10 aromatic carbocycles. The Morgan fingerprint density at radius 3 is 1.61 bits per heavy atom. The van der Waals surface area contributed by atoms with Crippen LogP contribution in [-0.4, -0.2) is 0 Å². The van der Waals surface area contributed by atoms with Crippen LogP contribution in [0.2, 0.25) is 0 Å². The normalized spacial score (nSPS) is 14.7. The van der Waals surface area contributed by atoms with Crippen LogP contribution >= 0.6 is 11.8 Å². The minimum absolute atomic E-state index is 0.520. The van der Waals surface area contributed by atoms with E-state index in [1.165, 1.54) is 65.4 Å². The van der Waals surface area contributed by atoms with Crippen LogP contribution in [0.15, 0.2) is 239 Å². The van der Waals surface area contributed by atoms with Gasteiger partial charge in [-0.1, -0.05) is 169 Å². The first-order valence-electron chi connectivity index (χ1n) is 22.7. The standard InChI is InChI=1S/C62H37NO2S/c1-4-19-45-40(16-1)41-34-32-38(36-52(41)61(45)47-21-6-11-28-55(47)65-56-29-12-7-22-48(56)61)63(39-33-35-43-42-17-3-10-27-54(42)64-57(43)37-39)53-26-15-25-51-60(53)44-18-2-5-20-46(44)62(51)49-23-8-13-30-58(49)66-59-31-14-9-24-50(59)62/h1-37H. The van der Waals surface area contributed by atoms with E-state index in [1.54, 1.807) is 0 Å². The highest BCUT2D eigenvalue weighted by Crippen LogP contribution is 2.66. The van der Waals surface area contributed by atoms with Crippen LogP contribution in [0.25, 0.3) is 44.2 Å². The fourth-order valence-corrected chi connectivity index (χ4v) is 13.5. The average molecular weight is 860 g/mol. The predicted molar refractivity (Wildman–Crippen MR) is 267 cm³/mol. The van der Waals surface area contributed by atoms with Crippen LogP contribution in [0.4, 0.5) is 17.1 Å². The molecule has 0 N–H and O–H groups in total. The molecule has 0 fully saturated rings. The molecule has 3 heterocycles. The van der Waals surface area contributed by atoms with Crippen molar-refractivity contribution in [3.05, 3.63) is 269 Å². The van der Waals surface area contributed by atoms with Crippen molar-refractivity contribution >= 4 is 50.8 Å². The van der Waals surface area contributed by atoms with Crippen molar-refractivity contribution in [2.75, 3.05) is 4.90 Å². The van der Waals surface area contributed by atoms with Crippen molar-refractivity contribution in [1.82, 2.24) is 0 Å². The molecule has 1 aromatic heterocycles. The van der Waals surface area contributed by atoms with Crippen molar-refractivity contribution < 1.29 is 9.15 Å². The number of furan rings is 1. The first-order chi connectivity index (χ1) is 32.7. The number of anilines is 3. The van der Waals surface area contributed by atoms with E-state index in [1.807, 2.05) is 17.8 Å². The lowest BCUT2D eigenvalue weighted by Crippen LogP contribution is -2.32. The first kappa shape index (κ1) is 36.3. The van der Waals surface area contributed by atoms with Crippen LogP contribution in [0.3, 0.4) is 0 Å². The molecule has 0 bridgehead atoms. The Hall–Kier alpha value is -8.05. The third-order valence-corrected chi connectivity index (χ3v) is 16.0. The molecule has 66 heavy (non-hydrogen) atoms. The quantitative estimate of drug-likeness (QED) is 0.177. The zero-order valence-corrected chi connectivity index (χ0v) is 36.4. The summed E-state index contributed by atoms with van der Waals surface area (Å²) in [6.07, 6.45) is 0. The number of para-hydroxylation sites is 3. The summed E-state index contributed by atoms with van der Waals surface area (Å²) < 4.78 is 13.4. The molecule has 0 saturated carbocycles. The summed E-state index contributed by atoms with van der Waals surface area (Å²) in [5.41, 5.74) is 18.7. The van der Waals surface area contributed by atoms with Crippen molar-refractivity contribution in [3.63, 3.8) is 0 Å². The molecule has 3 nitrogen and oxygen atoms in total. The van der Waals surface area contributed by atoms with Crippen LogP contribution in [0.1, 0.15) is 44.5 Å². The summed E-state index contributed by atoms with van der Waals surface area (Å²) >= 11 is 1.88. The lowest BCUT2D eigenvalue weighted by Gasteiger charge is -2.40. The molecule has 0 unspecified atom stereocenters. The number of nitrogens with zero attached hydrogens (tertiary/aromatic N) is 1. The van der Waals surface area contributed by atoms with E-state index < -0.39 is 10.8 Å². The number of benzene rings is 10. The zero-order chi connectivity index (χ0) is 43.1. The molecule has 0 radical (unpaired) electrons. The number of rotatable bonds is 3. The van der Waals surface area contributed by atoms with Crippen molar-refractivity contribution in [1.29, 1.82) is 0 Å². The number of fused-ring (bicyclic) bond motifs is 21. The van der Waals surface area contributed by atoms with E-state index in [9.17, 15) is 0 Å². The van der Waals surface area contributed by atoms with Crippen LogP contribution < -0.4 is 9.64 Å². The van der Waals surface area contributed by atoms with Crippen LogP contribution in [0, 0.1) is 0 Å². The first-order valence-corrected chi connectivity index (χ1v) is 23.5. The fourth-order valence-electron chi connectivity index (χ4n) is 12.3. The second-order valence-electron chi connectivity index (χ2n) is 17.8. The predicted octanol–water partition coefficient (Wildman–Crippen LogP) is 16.4. The van der Waals surface area contributed by atoms with E-state index in [-0.39, 0.29) is 0 Å². The van der Waals surface area contributed by atoms with E-state index in [4.69, 9.17) is 9.15 Å². The zero-order valence-electron chi connectivity index (χ0n) is 35.5. The third kappa shape index (κ3) is 4.54. The van der Waals surface area contributed by atoms with Gasteiger partial charge in [-0.15, -0.1) is 0 Å². The number of hydrogen-bond donors (Lipinski definition) is 0. The highest BCUT2D eigenvalue weighted by atomic mass is 32.2. The average Bonchev–Trinajstić information content (AvgIpc) is 3.99. The van der Waals surface area contributed by atoms with E-state index in [0.29, 0.717) is 0 Å². The van der Waals surface area contributed by atoms with Crippen molar-refractivity contribution in [3.8, 4) is 33.8 Å². The monoisotopic (exact) mass is 859 g/mol. The topological polar surface area (TPSA) is 25.6 Å². The fraction of sp³-hybridized carbons (Fsp3) is 0.0323. The molecule has 308 valence electrons. The Bertz CT molecular complexity index is 3790. The smallest absolute Gasteiger partial charge is 0.137 e. The molecule has 4 heteroatoms. The van der Waals surface area contributed by atoms with Gasteiger partial charge in [-0.25, -0.2) is 0 Å². The summed E-state index contributed by atoms with van der Waals surface area (Å²) in [5.74, 6) is 1.76. The van der Waals surface area contributed by atoms with Crippen LogP contribution in [0.5, 0.6) is 11.5 Å². The van der Waals surface area contributed by atoms with Gasteiger partial charge >= 0.3 is 0 Å². The highest BCUT2D eigenvalue weighted by molar-refractivity contribution is 7.99. The van der Waals surface area contributed by atoms with Gasteiger partial charge in [-0.2, -0.15) is 0 Å². The molecule has 11 aromatic rings. The summed E-state index contributed by atoms with van der Waals surface area (Å²) in [7, 11) is 0. The van der Waals surface area contributed by atoms with Gasteiger partial charge in [0.15, 0.2) is 0 Å².